The molecular weight excluding hydrogens is 208 g/mol. The van der Waals surface area contributed by atoms with Crippen molar-refractivity contribution in [3.63, 3.8) is 0 Å². The van der Waals surface area contributed by atoms with Crippen molar-refractivity contribution in [1.82, 2.24) is 9.61 Å². The summed E-state index contributed by atoms with van der Waals surface area (Å²) in [6.45, 7) is 6.71. The number of benzene rings is 1. The summed E-state index contributed by atoms with van der Waals surface area (Å²) in [7, 11) is 0. The third kappa shape index (κ3) is 1.60. The molecule has 86 valence electrons. The molecule has 2 heteroatoms. The van der Waals surface area contributed by atoms with Gasteiger partial charge in [0.25, 0.3) is 0 Å². The molecule has 3 rings (SSSR count). The molecule has 0 aliphatic rings. The third-order valence-electron chi connectivity index (χ3n) is 3.19. The third-order valence-corrected chi connectivity index (χ3v) is 3.19. The lowest BCUT2D eigenvalue weighted by molar-refractivity contribution is 0.591. The molecule has 0 atom stereocenters. The van der Waals surface area contributed by atoms with Crippen LogP contribution in [-0.4, -0.2) is 9.61 Å². The van der Waals surface area contributed by atoms with Crippen LogP contribution in [0.4, 0.5) is 0 Å². The predicted molar refractivity (Wildman–Crippen MR) is 71.4 cm³/mol. The largest absolute Gasteiger partial charge is 0.240 e. The molecule has 1 aromatic carbocycles. The number of rotatable bonds is 0. The maximum atomic E-state index is 4.56. The quantitative estimate of drug-likeness (QED) is 0.568. The molecule has 0 fully saturated rings. The Kier molecular flexibility index (Phi) is 2.02. The van der Waals surface area contributed by atoms with Crippen molar-refractivity contribution >= 4 is 16.4 Å². The smallest absolute Gasteiger partial charge is 0.0934 e. The number of aromatic nitrogens is 2. The van der Waals surface area contributed by atoms with Crippen molar-refractivity contribution in [3.8, 4) is 0 Å². The van der Waals surface area contributed by atoms with Crippen LogP contribution < -0.4 is 0 Å². The second-order valence-corrected chi connectivity index (χ2v) is 5.51. The molecule has 2 aromatic heterocycles. The van der Waals surface area contributed by atoms with E-state index in [4.69, 9.17) is 0 Å². The Balaban J connectivity index is 2.38. The minimum atomic E-state index is 0.178. The van der Waals surface area contributed by atoms with E-state index in [-0.39, 0.29) is 5.41 Å². The van der Waals surface area contributed by atoms with Gasteiger partial charge >= 0.3 is 0 Å². The van der Waals surface area contributed by atoms with E-state index in [1.807, 2.05) is 16.8 Å². The summed E-state index contributed by atoms with van der Waals surface area (Å²) in [5.74, 6) is 0. The SMILES string of the molecule is CC(C)(C)c1ccc2nn3ccccc3c2c1. The van der Waals surface area contributed by atoms with E-state index in [1.54, 1.807) is 0 Å². The number of pyridine rings is 1. The van der Waals surface area contributed by atoms with Crippen molar-refractivity contribution in [2.75, 3.05) is 0 Å². The Labute approximate surface area is 101 Å². The average Bonchev–Trinajstić information content (AvgIpc) is 2.65. The van der Waals surface area contributed by atoms with Crippen LogP contribution in [-0.2, 0) is 5.41 Å². The zero-order valence-electron chi connectivity index (χ0n) is 10.4. The van der Waals surface area contributed by atoms with E-state index >= 15 is 0 Å². The van der Waals surface area contributed by atoms with Gasteiger partial charge < -0.3 is 0 Å². The fourth-order valence-electron chi connectivity index (χ4n) is 2.15. The Hall–Kier alpha value is -1.83. The van der Waals surface area contributed by atoms with Crippen molar-refractivity contribution < 1.29 is 0 Å². The second kappa shape index (κ2) is 3.33. The number of hydrogen-bond donors (Lipinski definition) is 0. The van der Waals surface area contributed by atoms with Crippen molar-refractivity contribution in [2.45, 2.75) is 26.2 Å². The standard InChI is InChI=1S/C15H16N2/c1-15(2,3)11-7-8-13-12(10-11)14-6-4-5-9-17(14)16-13/h4-10H,1-3H3. The Bertz CT molecular complexity index is 687. The van der Waals surface area contributed by atoms with Crippen LogP contribution in [0.25, 0.3) is 16.4 Å². The molecule has 0 spiro atoms. The van der Waals surface area contributed by atoms with E-state index in [0.717, 1.165) is 5.52 Å². The van der Waals surface area contributed by atoms with E-state index in [1.165, 1.54) is 16.5 Å². The summed E-state index contributed by atoms with van der Waals surface area (Å²) in [5.41, 5.74) is 3.76. The summed E-state index contributed by atoms with van der Waals surface area (Å²) < 4.78 is 1.94. The molecule has 0 saturated carbocycles. The van der Waals surface area contributed by atoms with Crippen molar-refractivity contribution in [2.24, 2.45) is 0 Å². The molecule has 0 aliphatic carbocycles. The van der Waals surface area contributed by atoms with Crippen molar-refractivity contribution in [3.05, 3.63) is 48.2 Å². The first-order valence-corrected chi connectivity index (χ1v) is 5.93. The summed E-state index contributed by atoms with van der Waals surface area (Å²) in [5, 5.41) is 5.79. The van der Waals surface area contributed by atoms with Gasteiger partial charge in [-0.25, -0.2) is 4.52 Å². The van der Waals surface area contributed by atoms with Gasteiger partial charge in [-0.05, 0) is 35.2 Å². The fraction of sp³-hybridized carbons (Fsp3) is 0.267. The summed E-state index contributed by atoms with van der Waals surface area (Å²) in [4.78, 5) is 0. The molecule has 0 saturated heterocycles. The highest BCUT2D eigenvalue weighted by molar-refractivity contribution is 5.94. The van der Waals surface area contributed by atoms with Crippen LogP contribution >= 0.6 is 0 Å². The Morgan fingerprint density at radius 1 is 1.06 bits per heavy atom. The van der Waals surface area contributed by atoms with Crippen LogP contribution in [0.2, 0.25) is 0 Å². The topological polar surface area (TPSA) is 17.3 Å². The molecule has 0 radical (unpaired) electrons. The van der Waals surface area contributed by atoms with E-state index in [9.17, 15) is 0 Å². The number of nitrogens with zero attached hydrogens (tertiary/aromatic N) is 2. The lowest BCUT2D eigenvalue weighted by Gasteiger charge is -2.18. The van der Waals surface area contributed by atoms with Gasteiger partial charge in [0.1, 0.15) is 0 Å². The average molecular weight is 224 g/mol. The minimum Gasteiger partial charge on any atom is -0.240 e. The zero-order valence-corrected chi connectivity index (χ0v) is 10.4. The molecule has 0 N–H and O–H groups in total. The highest BCUT2D eigenvalue weighted by Gasteiger charge is 2.15. The molecule has 17 heavy (non-hydrogen) atoms. The lowest BCUT2D eigenvalue weighted by atomic mass is 9.86. The first-order valence-electron chi connectivity index (χ1n) is 5.93. The molecule has 0 bridgehead atoms. The fourth-order valence-corrected chi connectivity index (χ4v) is 2.15. The minimum absolute atomic E-state index is 0.178. The summed E-state index contributed by atoms with van der Waals surface area (Å²) in [6, 6.07) is 12.7. The van der Waals surface area contributed by atoms with Crippen LogP contribution in [0.5, 0.6) is 0 Å². The van der Waals surface area contributed by atoms with Gasteiger partial charge in [0, 0.05) is 11.6 Å². The molecule has 3 aromatic rings. The molecule has 2 nitrogen and oxygen atoms in total. The predicted octanol–water partition coefficient (Wildman–Crippen LogP) is 3.79. The van der Waals surface area contributed by atoms with Gasteiger partial charge in [-0.15, -0.1) is 0 Å². The Morgan fingerprint density at radius 3 is 2.65 bits per heavy atom. The summed E-state index contributed by atoms with van der Waals surface area (Å²) >= 11 is 0. The van der Waals surface area contributed by atoms with E-state index in [2.05, 4.69) is 56.2 Å². The van der Waals surface area contributed by atoms with Gasteiger partial charge in [-0.1, -0.05) is 32.9 Å². The maximum Gasteiger partial charge on any atom is 0.0934 e. The van der Waals surface area contributed by atoms with Crippen LogP contribution in [0.1, 0.15) is 26.3 Å². The van der Waals surface area contributed by atoms with Crippen LogP contribution in [0.15, 0.2) is 42.6 Å². The second-order valence-electron chi connectivity index (χ2n) is 5.51. The van der Waals surface area contributed by atoms with Gasteiger partial charge in [-0.3, -0.25) is 0 Å². The highest BCUT2D eigenvalue weighted by atomic mass is 15.2. The monoisotopic (exact) mass is 224 g/mol. The molecule has 0 amide bonds. The van der Waals surface area contributed by atoms with Gasteiger partial charge in [-0.2, -0.15) is 5.10 Å². The van der Waals surface area contributed by atoms with Gasteiger partial charge in [0.2, 0.25) is 0 Å². The van der Waals surface area contributed by atoms with Crippen LogP contribution in [0, 0.1) is 0 Å². The first-order chi connectivity index (χ1) is 8.05. The Morgan fingerprint density at radius 2 is 1.88 bits per heavy atom. The molecule has 0 unspecified atom stereocenters. The number of fused-ring (bicyclic) bond motifs is 3. The van der Waals surface area contributed by atoms with E-state index < -0.39 is 0 Å². The maximum absolute atomic E-state index is 4.56. The molecule has 0 aliphatic heterocycles. The highest BCUT2D eigenvalue weighted by Crippen LogP contribution is 2.27. The first kappa shape index (κ1) is 10.3. The van der Waals surface area contributed by atoms with E-state index in [0.29, 0.717) is 0 Å². The number of hydrogen-bond acceptors (Lipinski definition) is 1. The zero-order chi connectivity index (χ0) is 12.0. The molecule has 2 heterocycles. The normalized spacial score (nSPS) is 12.4. The summed E-state index contributed by atoms with van der Waals surface area (Å²) in [6.07, 6.45) is 1.99. The van der Waals surface area contributed by atoms with Crippen molar-refractivity contribution in [1.29, 1.82) is 0 Å². The van der Waals surface area contributed by atoms with Gasteiger partial charge in [0.05, 0.1) is 11.0 Å². The van der Waals surface area contributed by atoms with Crippen LogP contribution in [0.3, 0.4) is 0 Å². The lowest BCUT2D eigenvalue weighted by Crippen LogP contribution is -2.10. The van der Waals surface area contributed by atoms with Gasteiger partial charge in [0.15, 0.2) is 0 Å². The molecular formula is C15H16N2.